The molecule has 1 atom stereocenters. The second-order valence-electron chi connectivity index (χ2n) is 4.49. The average molecular weight is 282 g/mol. The van der Waals surface area contributed by atoms with E-state index in [9.17, 15) is 9.90 Å². The van der Waals surface area contributed by atoms with Crippen molar-refractivity contribution in [1.29, 1.82) is 0 Å². The maximum absolute atomic E-state index is 11.2. The molecule has 0 saturated carbocycles. The van der Waals surface area contributed by atoms with Crippen molar-refractivity contribution in [3.05, 3.63) is 24.3 Å². The Balaban J connectivity index is 2.24. The van der Waals surface area contributed by atoms with Gasteiger partial charge in [-0.1, -0.05) is 32.6 Å². The zero-order valence-corrected chi connectivity index (χ0v) is 12.2. The Kier molecular flexibility index (Phi) is 8.21. The van der Waals surface area contributed by atoms with Crippen LogP contribution in [0.1, 0.15) is 44.7 Å². The Hall–Kier alpha value is -1.10. The van der Waals surface area contributed by atoms with Gasteiger partial charge in [0.15, 0.2) is 0 Å². The number of nitrogens with zero attached hydrogens (tertiary/aromatic N) is 2. The van der Waals surface area contributed by atoms with E-state index in [1.54, 1.807) is 18.6 Å². The van der Waals surface area contributed by atoms with Crippen LogP contribution >= 0.6 is 11.8 Å². The zero-order chi connectivity index (χ0) is 13.9. The summed E-state index contributed by atoms with van der Waals surface area (Å²) in [5.41, 5.74) is 0.921. The predicted octanol–water partition coefficient (Wildman–Crippen LogP) is 3.18. The molecule has 1 aromatic rings. The quantitative estimate of drug-likeness (QED) is 0.668. The zero-order valence-electron chi connectivity index (χ0n) is 11.4. The molecule has 0 aromatic carbocycles. The first-order chi connectivity index (χ1) is 9.24. The largest absolute Gasteiger partial charge is 0.480 e. The van der Waals surface area contributed by atoms with Gasteiger partial charge in [-0.05, 0) is 12.2 Å². The highest BCUT2D eigenvalue weighted by Gasteiger charge is 2.17. The summed E-state index contributed by atoms with van der Waals surface area (Å²) in [6, 6.07) is 0. The molecule has 0 aliphatic heterocycles. The fraction of sp³-hybridized carbons (Fsp3) is 0.643. The molecule has 5 heteroatoms. The van der Waals surface area contributed by atoms with Gasteiger partial charge in [0.25, 0.3) is 0 Å². The van der Waals surface area contributed by atoms with E-state index in [4.69, 9.17) is 0 Å². The van der Waals surface area contributed by atoms with E-state index in [0.29, 0.717) is 0 Å². The van der Waals surface area contributed by atoms with Crippen molar-refractivity contribution in [2.75, 3.05) is 5.75 Å². The van der Waals surface area contributed by atoms with Crippen LogP contribution in [0.15, 0.2) is 18.6 Å². The lowest BCUT2D eigenvalue weighted by Crippen LogP contribution is -2.17. The van der Waals surface area contributed by atoms with Gasteiger partial charge >= 0.3 is 5.97 Å². The first-order valence-corrected chi connectivity index (χ1v) is 7.88. The lowest BCUT2D eigenvalue weighted by atomic mass is 10.1. The molecular formula is C14H22N2O2S. The van der Waals surface area contributed by atoms with Gasteiger partial charge < -0.3 is 5.11 Å². The van der Waals surface area contributed by atoms with Gasteiger partial charge in [0, 0.05) is 25.0 Å². The summed E-state index contributed by atoms with van der Waals surface area (Å²) in [5.74, 6) is 0.0873. The van der Waals surface area contributed by atoms with E-state index >= 15 is 0 Å². The minimum atomic E-state index is -0.694. The van der Waals surface area contributed by atoms with Crippen LogP contribution in [0, 0.1) is 0 Å². The third-order valence-corrected chi connectivity index (χ3v) is 4.17. The normalized spacial score (nSPS) is 12.3. The van der Waals surface area contributed by atoms with E-state index in [1.807, 2.05) is 0 Å². The maximum Gasteiger partial charge on any atom is 0.316 e. The maximum atomic E-state index is 11.2. The van der Waals surface area contributed by atoms with Crippen LogP contribution in [0.3, 0.4) is 0 Å². The van der Waals surface area contributed by atoms with E-state index in [0.717, 1.165) is 37.1 Å². The molecule has 0 aliphatic rings. The van der Waals surface area contributed by atoms with Crippen molar-refractivity contribution >= 4 is 17.7 Å². The highest BCUT2D eigenvalue weighted by Crippen LogP contribution is 2.19. The predicted molar refractivity (Wildman–Crippen MR) is 78.4 cm³/mol. The molecule has 106 valence electrons. The van der Waals surface area contributed by atoms with Gasteiger partial charge in [0.2, 0.25) is 0 Å². The smallest absolute Gasteiger partial charge is 0.316 e. The van der Waals surface area contributed by atoms with Gasteiger partial charge in [-0.3, -0.25) is 14.8 Å². The van der Waals surface area contributed by atoms with Crippen LogP contribution in [0.5, 0.6) is 0 Å². The molecule has 0 saturated heterocycles. The Morgan fingerprint density at radius 1 is 1.37 bits per heavy atom. The lowest BCUT2D eigenvalue weighted by molar-refractivity contribution is -0.136. The van der Waals surface area contributed by atoms with Gasteiger partial charge in [-0.2, -0.15) is 0 Å². The summed E-state index contributed by atoms with van der Waals surface area (Å²) in [6.07, 6.45) is 11.1. The third-order valence-electron chi connectivity index (χ3n) is 2.89. The molecule has 1 unspecified atom stereocenters. The summed E-state index contributed by atoms with van der Waals surface area (Å²) >= 11 is 1.52. The second kappa shape index (κ2) is 9.78. The SMILES string of the molecule is CCCCCCC(SCCc1cnccn1)C(=O)O. The number of aliphatic carboxylic acids is 1. The number of unbranched alkanes of at least 4 members (excludes halogenated alkanes) is 3. The molecule has 0 spiro atoms. The van der Waals surface area contributed by atoms with Gasteiger partial charge in [0.05, 0.1) is 5.69 Å². The monoisotopic (exact) mass is 282 g/mol. The van der Waals surface area contributed by atoms with Crippen molar-refractivity contribution in [3.8, 4) is 0 Å². The van der Waals surface area contributed by atoms with Crippen molar-refractivity contribution in [1.82, 2.24) is 9.97 Å². The first kappa shape index (κ1) is 16.0. The summed E-state index contributed by atoms with van der Waals surface area (Å²) in [4.78, 5) is 19.3. The van der Waals surface area contributed by atoms with E-state index in [1.165, 1.54) is 24.6 Å². The van der Waals surface area contributed by atoms with Gasteiger partial charge in [-0.15, -0.1) is 11.8 Å². The lowest BCUT2D eigenvalue weighted by Gasteiger charge is -2.11. The molecule has 0 radical (unpaired) electrons. The van der Waals surface area contributed by atoms with Crippen molar-refractivity contribution in [2.45, 2.75) is 50.7 Å². The standard InChI is InChI=1S/C14H22N2O2S/c1-2-3-4-5-6-13(14(17)18)19-10-7-12-11-15-8-9-16-12/h8-9,11,13H,2-7,10H2,1H3,(H,17,18). The minimum absolute atomic E-state index is 0.284. The number of thioether (sulfide) groups is 1. The minimum Gasteiger partial charge on any atom is -0.480 e. The fourth-order valence-electron chi connectivity index (χ4n) is 1.80. The Bertz CT molecular complexity index is 360. The summed E-state index contributed by atoms with van der Waals surface area (Å²) in [6.45, 7) is 2.16. The van der Waals surface area contributed by atoms with Crippen LogP contribution in [-0.4, -0.2) is 32.0 Å². The number of rotatable bonds is 10. The summed E-state index contributed by atoms with van der Waals surface area (Å²) in [7, 11) is 0. The molecule has 0 bridgehead atoms. The summed E-state index contributed by atoms with van der Waals surface area (Å²) in [5, 5.41) is 8.89. The van der Waals surface area contributed by atoms with E-state index < -0.39 is 5.97 Å². The van der Waals surface area contributed by atoms with Crippen LogP contribution < -0.4 is 0 Å². The second-order valence-corrected chi connectivity index (χ2v) is 5.80. The molecule has 1 heterocycles. The highest BCUT2D eigenvalue weighted by molar-refractivity contribution is 8.00. The fourth-order valence-corrected chi connectivity index (χ4v) is 2.89. The van der Waals surface area contributed by atoms with Gasteiger partial charge in [0.1, 0.15) is 5.25 Å². The van der Waals surface area contributed by atoms with Crippen LogP contribution in [0.2, 0.25) is 0 Å². The average Bonchev–Trinajstić information content (AvgIpc) is 2.42. The number of carboxylic acid groups (broad SMARTS) is 1. The number of hydrogen-bond acceptors (Lipinski definition) is 4. The number of hydrogen-bond donors (Lipinski definition) is 1. The number of carboxylic acids is 1. The first-order valence-electron chi connectivity index (χ1n) is 6.83. The van der Waals surface area contributed by atoms with Crippen molar-refractivity contribution in [3.63, 3.8) is 0 Å². The Morgan fingerprint density at radius 2 is 2.21 bits per heavy atom. The molecule has 1 aromatic heterocycles. The van der Waals surface area contributed by atoms with Crippen molar-refractivity contribution in [2.24, 2.45) is 0 Å². The molecule has 1 rings (SSSR count). The molecule has 0 fully saturated rings. The van der Waals surface area contributed by atoms with E-state index in [-0.39, 0.29) is 5.25 Å². The molecule has 1 N–H and O–H groups in total. The van der Waals surface area contributed by atoms with Crippen LogP contribution in [0.4, 0.5) is 0 Å². The van der Waals surface area contributed by atoms with Crippen LogP contribution in [0.25, 0.3) is 0 Å². The molecule has 19 heavy (non-hydrogen) atoms. The van der Waals surface area contributed by atoms with Gasteiger partial charge in [-0.25, -0.2) is 0 Å². The Labute approximate surface area is 119 Å². The summed E-state index contributed by atoms with van der Waals surface area (Å²) < 4.78 is 0. The molecular weight excluding hydrogens is 260 g/mol. The van der Waals surface area contributed by atoms with Crippen molar-refractivity contribution < 1.29 is 9.90 Å². The highest BCUT2D eigenvalue weighted by atomic mass is 32.2. The Morgan fingerprint density at radius 3 is 2.84 bits per heavy atom. The number of aromatic nitrogens is 2. The van der Waals surface area contributed by atoms with Crippen LogP contribution in [-0.2, 0) is 11.2 Å². The number of aryl methyl sites for hydroxylation is 1. The molecule has 4 nitrogen and oxygen atoms in total. The topological polar surface area (TPSA) is 63.1 Å². The third kappa shape index (κ3) is 7.15. The molecule has 0 aliphatic carbocycles. The van der Waals surface area contributed by atoms with E-state index in [2.05, 4.69) is 16.9 Å². The molecule has 0 amide bonds. The number of carbonyl (C=O) groups is 1.